The Morgan fingerprint density at radius 1 is 1.05 bits per heavy atom. The van der Waals surface area contributed by atoms with Crippen LogP contribution in [0.3, 0.4) is 0 Å². The zero-order valence-corrected chi connectivity index (χ0v) is 13.3. The molecule has 0 unspecified atom stereocenters. The van der Waals surface area contributed by atoms with Crippen LogP contribution in [0.5, 0.6) is 0 Å². The first-order valence-electron chi connectivity index (χ1n) is 7.68. The molecule has 0 radical (unpaired) electrons. The highest BCUT2D eigenvalue weighted by Crippen LogP contribution is 2.12. The molecular weight excluding hydrogens is 264 g/mol. The Hall–Kier alpha value is -1.26. The van der Waals surface area contributed by atoms with Crippen LogP contribution in [0.4, 0.5) is 0 Å². The molecule has 118 valence electrons. The maximum absolute atomic E-state index is 9.92. The first-order chi connectivity index (χ1) is 10.2. The zero-order valence-electron chi connectivity index (χ0n) is 13.3. The maximum atomic E-state index is 9.92. The Kier molecular flexibility index (Phi) is 12.9. The molecule has 0 aliphatic rings. The number of aliphatic hydroxyl groups is 2. The van der Waals surface area contributed by atoms with Crippen molar-refractivity contribution in [1.82, 2.24) is 0 Å². The summed E-state index contributed by atoms with van der Waals surface area (Å²) in [6, 6.07) is 0. The van der Waals surface area contributed by atoms with E-state index in [-0.39, 0.29) is 6.10 Å². The molecule has 0 spiro atoms. The Morgan fingerprint density at radius 3 is 2.29 bits per heavy atom. The molecule has 0 amide bonds. The van der Waals surface area contributed by atoms with E-state index < -0.39 is 12.2 Å². The highest BCUT2D eigenvalue weighted by Gasteiger charge is 2.15. The van der Waals surface area contributed by atoms with Gasteiger partial charge in [-0.2, -0.15) is 0 Å². The quantitative estimate of drug-likeness (QED) is 0.370. The van der Waals surface area contributed by atoms with E-state index in [2.05, 4.69) is 37.2 Å². The van der Waals surface area contributed by atoms with Gasteiger partial charge in [-0.3, -0.25) is 0 Å². The lowest BCUT2D eigenvalue weighted by Gasteiger charge is -2.17. The maximum Gasteiger partial charge on any atom is 0.141 e. The molecule has 0 aliphatic carbocycles. The van der Waals surface area contributed by atoms with E-state index in [0.29, 0.717) is 0 Å². The molecule has 0 heterocycles. The summed E-state index contributed by atoms with van der Waals surface area (Å²) in [6.45, 7) is 5.61. The third kappa shape index (κ3) is 11.1. The molecule has 2 N–H and O–H groups in total. The Bertz CT molecular complexity index is 381. The smallest absolute Gasteiger partial charge is 0.141 e. The summed E-state index contributed by atoms with van der Waals surface area (Å²) in [5.74, 6) is 10.1. The molecule has 0 saturated carbocycles. The van der Waals surface area contributed by atoms with Crippen molar-refractivity contribution in [3.05, 3.63) is 12.7 Å². The molecular formula is C18H28O3. The van der Waals surface area contributed by atoms with Crippen molar-refractivity contribution in [3.63, 3.8) is 0 Å². The molecule has 3 nitrogen and oxygen atoms in total. The van der Waals surface area contributed by atoms with Crippen LogP contribution in [0.25, 0.3) is 0 Å². The van der Waals surface area contributed by atoms with Crippen LogP contribution >= 0.6 is 0 Å². The van der Waals surface area contributed by atoms with Crippen LogP contribution in [0.15, 0.2) is 12.7 Å². The van der Waals surface area contributed by atoms with Crippen LogP contribution in [-0.2, 0) is 4.74 Å². The van der Waals surface area contributed by atoms with Crippen molar-refractivity contribution in [1.29, 1.82) is 0 Å². The van der Waals surface area contributed by atoms with Gasteiger partial charge < -0.3 is 14.9 Å². The van der Waals surface area contributed by atoms with Gasteiger partial charge >= 0.3 is 0 Å². The Labute approximate surface area is 129 Å². The van der Waals surface area contributed by atoms with Crippen molar-refractivity contribution in [2.75, 3.05) is 7.11 Å². The summed E-state index contributed by atoms with van der Waals surface area (Å²) in [5.41, 5.74) is 0. The fourth-order valence-electron chi connectivity index (χ4n) is 1.90. The highest BCUT2D eigenvalue weighted by molar-refractivity contribution is 5.30. The van der Waals surface area contributed by atoms with Crippen LogP contribution in [0.2, 0.25) is 0 Å². The first-order valence-corrected chi connectivity index (χ1v) is 7.68. The van der Waals surface area contributed by atoms with Gasteiger partial charge in [0.15, 0.2) is 0 Å². The number of rotatable bonds is 10. The minimum absolute atomic E-state index is 0.283. The Morgan fingerprint density at radius 2 is 1.67 bits per heavy atom. The SMILES string of the molecule is C=C[C@@H](O)C#CC#C[C@H](O)[C@@H](CCCCCCCC)OC. The average molecular weight is 292 g/mol. The van der Waals surface area contributed by atoms with E-state index in [0.717, 1.165) is 19.3 Å². The summed E-state index contributed by atoms with van der Waals surface area (Å²) >= 11 is 0. The number of unbranched alkanes of at least 4 members (excludes halogenated alkanes) is 5. The van der Waals surface area contributed by atoms with Crippen molar-refractivity contribution in [3.8, 4) is 23.7 Å². The van der Waals surface area contributed by atoms with Gasteiger partial charge in [0, 0.05) is 7.11 Å². The molecule has 0 fully saturated rings. The van der Waals surface area contributed by atoms with E-state index >= 15 is 0 Å². The summed E-state index contributed by atoms with van der Waals surface area (Å²) in [5, 5.41) is 19.1. The van der Waals surface area contributed by atoms with E-state index in [4.69, 9.17) is 9.84 Å². The monoisotopic (exact) mass is 292 g/mol. The van der Waals surface area contributed by atoms with Crippen molar-refractivity contribution in [2.24, 2.45) is 0 Å². The van der Waals surface area contributed by atoms with Gasteiger partial charge in [0.1, 0.15) is 12.2 Å². The van der Waals surface area contributed by atoms with E-state index in [1.54, 1.807) is 7.11 Å². The number of aliphatic hydroxyl groups excluding tert-OH is 2. The fourth-order valence-corrected chi connectivity index (χ4v) is 1.90. The molecule has 0 aromatic rings. The highest BCUT2D eigenvalue weighted by atomic mass is 16.5. The molecule has 3 heteroatoms. The predicted molar refractivity (Wildman–Crippen MR) is 86.6 cm³/mol. The molecule has 3 atom stereocenters. The number of ether oxygens (including phenoxy) is 1. The zero-order chi connectivity index (χ0) is 15.9. The fraction of sp³-hybridized carbons (Fsp3) is 0.667. The predicted octanol–water partition coefficient (Wildman–Crippen LogP) is 2.67. The van der Waals surface area contributed by atoms with Crippen LogP contribution in [0, 0.1) is 23.7 Å². The molecule has 0 aromatic carbocycles. The molecule has 0 bridgehead atoms. The largest absolute Gasteiger partial charge is 0.378 e. The number of methoxy groups -OCH3 is 1. The lowest BCUT2D eigenvalue weighted by molar-refractivity contribution is 0.0101. The third-order valence-electron chi connectivity index (χ3n) is 3.22. The standard InChI is InChI=1S/C18H28O3/c1-4-6-7-8-9-10-15-18(21-3)17(20)14-12-11-13-16(19)5-2/h5,16-20H,2,4,6-10,15H2,1,3H3/t16-,17+,18-/m1/s1. The summed E-state index contributed by atoms with van der Waals surface area (Å²) in [7, 11) is 1.58. The lowest BCUT2D eigenvalue weighted by Crippen LogP contribution is -2.26. The summed E-state index contributed by atoms with van der Waals surface area (Å²) in [6.07, 6.45) is 7.34. The number of hydrogen-bond acceptors (Lipinski definition) is 3. The topological polar surface area (TPSA) is 49.7 Å². The van der Waals surface area contributed by atoms with Crippen molar-refractivity contribution in [2.45, 2.75) is 70.2 Å². The van der Waals surface area contributed by atoms with E-state index in [9.17, 15) is 5.11 Å². The first kappa shape index (κ1) is 19.7. The van der Waals surface area contributed by atoms with Crippen molar-refractivity contribution < 1.29 is 14.9 Å². The van der Waals surface area contributed by atoms with Crippen LogP contribution < -0.4 is 0 Å². The van der Waals surface area contributed by atoms with Gasteiger partial charge in [-0.25, -0.2) is 0 Å². The second-order valence-electron chi connectivity index (χ2n) is 4.99. The minimum Gasteiger partial charge on any atom is -0.378 e. The second-order valence-corrected chi connectivity index (χ2v) is 4.99. The third-order valence-corrected chi connectivity index (χ3v) is 3.22. The second kappa shape index (κ2) is 13.7. The summed E-state index contributed by atoms with van der Waals surface area (Å²) in [4.78, 5) is 0. The summed E-state index contributed by atoms with van der Waals surface area (Å²) < 4.78 is 5.27. The molecule has 0 rings (SSSR count). The molecule has 0 aliphatic heterocycles. The number of hydrogen-bond donors (Lipinski definition) is 2. The van der Waals surface area contributed by atoms with Gasteiger partial charge in [-0.05, 0) is 18.3 Å². The van der Waals surface area contributed by atoms with Gasteiger partial charge in [0.05, 0.1) is 6.10 Å². The minimum atomic E-state index is -0.877. The van der Waals surface area contributed by atoms with Gasteiger partial charge in [-0.15, -0.1) is 0 Å². The van der Waals surface area contributed by atoms with Crippen LogP contribution in [-0.4, -0.2) is 35.6 Å². The normalized spacial score (nSPS) is 14.1. The van der Waals surface area contributed by atoms with Gasteiger partial charge in [0.25, 0.3) is 0 Å². The van der Waals surface area contributed by atoms with E-state index in [1.807, 2.05) is 0 Å². The molecule has 0 saturated heterocycles. The average Bonchev–Trinajstić information content (AvgIpc) is 2.50. The lowest BCUT2D eigenvalue weighted by atomic mass is 10.0. The molecule has 21 heavy (non-hydrogen) atoms. The van der Waals surface area contributed by atoms with Gasteiger partial charge in [-0.1, -0.05) is 69.9 Å². The van der Waals surface area contributed by atoms with Crippen molar-refractivity contribution >= 4 is 0 Å². The van der Waals surface area contributed by atoms with Gasteiger partial charge in [0.2, 0.25) is 0 Å². The Balaban J connectivity index is 4.06. The van der Waals surface area contributed by atoms with Crippen LogP contribution in [0.1, 0.15) is 51.9 Å². The molecule has 0 aromatic heterocycles. The van der Waals surface area contributed by atoms with E-state index in [1.165, 1.54) is 31.8 Å².